The van der Waals surface area contributed by atoms with Crippen LogP contribution in [0.4, 0.5) is 0 Å². The van der Waals surface area contributed by atoms with E-state index in [1.807, 2.05) is 6.92 Å². The molecule has 1 aromatic rings. The lowest BCUT2D eigenvalue weighted by molar-refractivity contribution is 0.294. The number of aromatic nitrogens is 2. The molecule has 2 N–H and O–H groups in total. The van der Waals surface area contributed by atoms with Gasteiger partial charge in [0.2, 0.25) is 11.8 Å². The Balaban J connectivity index is 1.95. The van der Waals surface area contributed by atoms with E-state index in [9.17, 15) is 0 Å². The number of nitrogens with two attached hydrogens (primary N) is 1. The molecule has 1 saturated carbocycles. The fraction of sp³-hybridized carbons (Fsp3) is 0.800. The number of hydrogen-bond donors (Lipinski definition) is 1. The molecule has 1 aromatic heterocycles. The predicted molar refractivity (Wildman–Crippen MR) is 52.8 cm³/mol. The maximum atomic E-state index is 5.64. The molecular formula is C10H17N3O. The standard InChI is InChI=1S/C10H17N3O/c1-7-12-13-10(14-7)9-4-2-8(6-11)3-5-9/h8-9H,2-6,11H2,1H3/t8-,9-. The van der Waals surface area contributed by atoms with Crippen LogP contribution in [-0.2, 0) is 0 Å². The summed E-state index contributed by atoms with van der Waals surface area (Å²) in [6.07, 6.45) is 4.68. The van der Waals surface area contributed by atoms with E-state index in [4.69, 9.17) is 10.2 Å². The third-order valence-corrected chi connectivity index (χ3v) is 3.07. The van der Waals surface area contributed by atoms with Crippen LogP contribution in [-0.4, -0.2) is 16.7 Å². The van der Waals surface area contributed by atoms with Gasteiger partial charge >= 0.3 is 0 Å². The fourth-order valence-electron chi connectivity index (χ4n) is 2.12. The van der Waals surface area contributed by atoms with Gasteiger partial charge in [0.15, 0.2) is 0 Å². The molecule has 0 spiro atoms. The van der Waals surface area contributed by atoms with Crippen LogP contribution in [0.25, 0.3) is 0 Å². The van der Waals surface area contributed by atoms with Gasteiger partial charge in [0, 0.05) is 12.8 Å². The number of nitrogens with zero attached hydrogens (tertiary/aromatic N) is 2. The van der Waals surface area contributed by atoms with Crippen molar-refractivity contribution in [3.8, 4) is 0 Å². The van der Waals surface area contributed by atoms with Crippen LogP contribution in [0.1, 0.15) is 43.4 Å². The van der Waals surface area contributed by atoms with Gasteiger partial charge in [-0.15, -0.1) is 10.2 Å². The van der Waals surface area contributed by atoms with Crippen molar-refractivity contribution in [1.82, 2.24) is 10.2 Å². The third kappa shape index (κ3) is 1.95. The lowest BCUT2D eigenvalue weighted by Crippen LogP contribution is -2.20. The van der Waals surface area contributed by atoms with Crippen molar-refractivity contribution in [2.75, 3.05) is 6.54 Å². The Labute approximate surface area is 83.9 Å². The van der Waals surface area contributed by atoms with Crippen molar-refractivity contribution >= 4 is 0 Å². The predicted octanol–water partition coefficient (Wildman–Crippen LogP) is 1.61. The van der Waals surface area contributed by atoms with Crippen molar-refractivity contribution in [2.45, 2.75) is 38.5 Å². The van der Waals surface area contributed by atoms with E-state index in [-0.39, 0.29) is 0 Å². The highest BCUT2D eigenvalue weighted by Crippen LogP contribution is 2.34. The molecule has 0 aromatic carbocycles. The van der Waals surface area contributed by atoms with Gasteiger partial charge in [0.05, 0.1) is 0 Å². The van der Waals surface area contributed by atoms with Crippen LogP contribution < -0.4 is 5.73 Å². The highest BCUT2D eigenvalue weighted by molar-refractivity contribution is 4.93. The molecule has 0 unspecified atom stereocenters. The van der Waals surface area contributed by atoms with Crippen molar-refractivity contribution < 1.29 is 4.42 Å². The largest absolute Gasteiger partial charge is 0.425 e. The molecule has 0 saturated heterocycles. The molecule has 1 aliphatic rings. The Morgan fingerprint density at radius 1 is 1.29 bits per heavy atom. The van der Waals surface area contributed by atoms with Gasteiger partial charge in [-0.3, -0.25) is 0 Å². The zero-order valence-corrected chi connectivity index (χ0v) is 8.57. The molecule has 0 aliphatic heterocycles. The molecular weight excluding hydrogens is 178 g/mol. The molecule has 0 amide bonds. The van der Waals surface area contributed by atoms with Crippen molar-refractivity contribution in [2.24, 2.45) is 11.7 Å². The summed E-state index contributed by atoms with van der Waals surface area (Å²) in [6.45, 7) is 2.65. The maximum absolute atomic E-state index is 5.64. The minimum Gasteiger partial charge on any atom is -0.425 e. The smallest absolute Gasteiger partial charge is 0.219 e. The molecule has 78 valence electrons. The summed E-state index contributed by atoms with van der Waals surface area (Å²) in [4.78, 5) is 0. The minimum atomic E-state index is 0.471. The average molecular weight is 195 g/mol. The summed E-state index contributed by atoms with van der Waals surface area (Å²) in [5, 5.41) is 7.93. The van der Waals surface area contributed by atoms with Crippen molar-refractivity contribution in [3.63, 3.8) is 0 Å². The summed E-state index contributed by atoms with van der Waals surface area (Å²) < 4.78 is 5.44. The highest BCUT2D eigenvalue weighted by Gasteiger charge is 2.24. The average Bonchev–Trinajstić information content (AvgIpc) is 2.65. The second-order valence-electron chi connectivity index (χ2n) is 4.11. The highest BCUT2D eigenvalue weighted by atomic mass is 16.4. The molecule has 1 heterocycles. The maximum Gasteiger partial charge on any atom is 0.219 e. The Bertz CT molecular complexity index is 289. The summed E-state index contributed by atoms with van der Waals surface area (Å²) in [6, 6.07) is 0. The Hall–Kier alpha value is -0.900. The topological polar surface area (TPSA) is 64.9 Å². The van der Waals surface area contributed by atoms with E-state index in [0.717, 1.165) is 25.3 Å². The van der Waals surface area contributed by atoms with Gasteiger partial charge in [-0.1, -0.05) is 0 Å². The van der Waals surface area contributed by atoms with Crippen LogP contribution >= 0.6 is 0 Å². The Kier molecular flexibility index (Phi) is 2.82. The fourth-order valence-corrected chi connectivity index (χ4v) is 2.12. The van der Waals surface area contributed by atoms with Gasteiger partial charge in [-0.2, -0.15) is 0 Å². The third-order valence-electron chi connectivity index (χ3n) is 3.07. The van der Waals surface area contributed by atoms with Crippen LogP contribution in [0.15, 0.2) is 4.42 Å². The lowest BCUT2D eigenvalue weighted by atomic mass is 9.82. The van der Waals surface area contributed by atoms with Crippen molar-refractivity contribution in [3.05, 3.63) is 11.8 Å². The van der Waals surface area contributed by atoms with E-state index in [2.05, 4.69) is 10.2 Å². The summed E-state index contributed by atoms with van der Waals surface area (Å²) in [7, 11) is 0. The number of hydrogen-bond acceptors (Lipinski definition) is 4. The normalized spacial score (nSPS) is 27.9. The zero-order valence-electron chi connectivity index (χ0n) is 8.57. The molecule has 0 radical (unpaired) electrons. The number of aryl methyl sites for hydroxylation is 1. The molecule has 0 bridgehead atoms. The molecule has 4 heteroatoms. The molecule has 1 aliphatic carbocycles. The first kappa shape index (κ1) is 9.65. The first-order valence-corrected chi connectivity index (χ1v) is 5.29. The van der Waals surface area contributed by atoms with E-state index in [0.29, 0.717) is 17.7 Å². The van der Waals surface area contributed by atoms with E-state index >= 15 is 0 Å². The quantitative estimate of drug-likeness (QED) is 0.778. The first-order valence-electron chi connectivity index (χ1n) is 5.29. The summed E-state index contributed by atoms with van der Waals surface area (Å²) in [5.74, 6) is 2.66. The number of rotatable bonds is 2. The van der Waals surface area contributed by atoms with E-state index in [1.165, 1.54) is 12.8 Å². The molecule has 14 heavy (non-hydrogen) atoms. The van der Waals surface area contributed by atoms with Gasteiger partial charge in [0.25, 0.3) is 0 Å². The van der Waals surface area contributed by atoms with Gasteiger partial charge in [-0.25, -0.2) is 0 Å². The van der Waals surface area contributed by atoms with Gasteiger partial charge in [-0.05, 0) is 38.1 Å². The monoisotopic (exact) mass is 195 g/mol. The Morgan fingerprint density at radius 2 is 2.00 bits per heavy atom. The summed E-state index contributed by atoms with van der Waals surface area (Å²) >= 11 is 0. The molecule has 0 atom stereocenters. The second-order valence-corrected chi connectivity index (χ2v) is 4.11. The minimum absolute atomic E-state index is 0.471. The molecule has 2 rings (SSSR count). The van der Waals surface area contributed by atoms with Gasteiger partial charge in [0.1, 0.15) is 0 Å². The van der Waals surface area contributed by atoms with Crippen molar-refractivity contribution in [1.29, 1.82) is 0 Å². The lowest BCUT2D eigenvalue weighted by Gasteiger charge is -2.25. The van der Waals surface area contributed by atoms with Crippen LogP contribution in [0.5, 0.6) is 0 Å². The zero-order chi connectivity index (χ0) is 9.97. The molecule has 1 fully saturated rings. The second kappa shape index (κ2) is 4.09. The van der Waals surface area contributed by atoms with Crippen LogP contribution in [0.3, 0.4) is 0 Å². The SMILES string of the molecule is Cc1nnc([C@H]2CC[C@H](CN)CC2)o1. The Morgan fingerprint density at radius 3 is 2.50 bits per heavy atom. The van der Waals surface area contributed by atoms with Gasteiger partial charge < -0.3 is 10.2 Å². The van der Waals surface area contributed by atoms with E-state index in [1.54, 1.807) is 0 Å². The van der Waals surface area contributed by atoms with Crippen LogP contribution in [0.2, 0.25) is 0 Å². The first-order chi connectivity index (χ1) is 6.79. The molecule has 4 nitrogen and oxygen atoms in total. The van der Waals surface area contributed by atoms with Crippen LogP contribution in [0, 0.1) is 12.8 Å². The summed E-state index contributed by atoms with van der Waals surface area (Å²) in [5.41, 5.74) is 5.64. The van der Waals surface area contributed by atoms with E-state index < -0.39 is 0 Å².